The predicted molar refractivity (Wildman–Crippen MR) is 310 cm³/mol. The summed E-state index contributed by atoms with van der Waals surface area (Å²) in [4.78, 5) is 92.2. The van der Waals surface area contributed by atoms with Gasteiger partial charge in [-0.25, -0.2) is 14.4 Å². The number of nitrogens with one attached hydrogen (secondary N) is 4. The highest BCUT2D eigenvalue weighted by molar-refractivity contribution is 6.31. The second kappa shape index (κ2) is 25.3. The summed E-state index contributed by atoms with van der Waals surface area (Å²) in [5.41, 5.74) is 6.00. The number of aryl methyl sites for hydroxylation is 1. The van der Waals surface area contributed by atoms with Gasteiger partial charge in [0.1, 0.15) is 34.7 Å². The first kappa shape index (κ1) is 57.6. The molecule has 82 heavy (non-hydrogen) atoms. The number of hydrogen-bond acceptors (Lipinski definition) is 13. The lowest BCUT2D eigenvalue weighted by molar-refractivity contribution is 0.0400. The molecular weight excluding hydrogens is 1070 g/mol. The van der Waals surface area contributed by atoms with Crippen LogP contribution in [0.25, 0.3) is 22.3 Å². The number of aromatic hydroxyl groups is 1. The number of carbonyl (C=O) groups excluding carboxylic acids is 4. The number of amides is 4. The Bertz CT molecular complexity index is 3530. The Labute approximate surface area is 479 Å². The highest BCUT2D eigenvalue weighted by Gasteiger charge is 2.35. The van der Waals surface area contributed by atoms with Gasteiger partial charge in [0.05, 0.1) is 31.9 Å². The second-order valence-electron chi connectivity index (χ2n) is 22.1. The molecule has 11 rings (SSSR count). The van der Waals surface area contributed by atoms with Crippen molar-refractivity contribution in [2.45, 2.75) is 82.6 Å². The summed E-state index contributed by atoms with van der Waals surface area (Å²) in [6.07, 6.45) is 8.27. The maximum absolute atomic E-state index is 13.6. The van der Waals surface area contributed by atoms with E-state index in [1.165, 1.54) is 21.6 Å². The van der Waals surface area contributed by atoms with Gasteiger partial charge in [-0.15, -0.1) is 0 Å². The van der Waals surface area contributed by atoms with Gasteiger partial charge < -0.3 is 54.8 Å². The molecule has 5 N–H and O–H groups in total. The summed E-state index contributed by atoms with van der Waals surface area (Å²) in [5.74, 6) is -0.0100. The quantitative estimate of drug-likeness (QED) is 0.0436. The zero-order valence-electron chi connectivity index (χ0n) is 46.4. The Hall–Kier alpha value is -7.62. The Morgan fingerprint density at radius 2 is 1.15 bits per heavy atom. The average Bonchev–Trinajstić information content (AvgIpc) is 4.22. The van der Waals surface area contributed by atoms with E-state index in [4.69, 9.17) is 26.1 Å². The zero-order valence-corrected chi connectivity index (χ0v) is 47.2. The molecule has 5 aliphatic rings. The SMILES string of the molecule is COCCNCc1cc(C(=O)Nc2cc(-c3ccc(Cl)cc3C(=O)N3CC(C)C3)cc(C3CC3)n2)c(=O)n(C2CC2)c1.COCCNCc1cc(C(=O)Nc2cc(-c3ccc(O)cc3C(=O)N3CC(F)C3)cc(C3CC3)n2)c(=O)n(C)c1. The monoisotopic (exact) mass is 1140 g/mol. The third-order valence-electron chi connectivity index (χ3n) is 15.1. The fraction of sp³-hybridized carbons (Fsp3) is 0.410. The molecule has 2 aromatic carbocycles. The van der Waals surface area contributed by atoms with Crippen LogP contribution in [0.4, 0.5) is 16.0 Å². The number of likely N-dealkylation sites (tertiary alicyclic amines) is 2. The number of anilines is 2. The van der Waals surface area contributed by atoms with Crippen LogP contribution in [0.2, 0.25) is 5.02 Å². The zero-order chi connectivity index (χ0) is 57.8. The summed E-state index contributed by atoms with van der Waals surface area (Å²) in [7, 11) is 4.85. The fourth-order valence-corrected chi connectivity index (χ4v) is 10.4. The van der Waals surface area contributed by atoms with E-state index in [1.54, 1.807) is 74.5 Å². The number of methoxy groups -OCH3 is 2. The van der Waals surface area contributed by atoms with E-state index in [9.17, 15) is 38.3 Å². The van der Waals surface area contributed by atoms with Crippen LogP contribution in [0, 0.1) is 5.92 Å². The van der Waals surface area contributed by atoms with Crippen LogP contribution in [-0.2, 0) is 29.6 Å². The van der Waals surface area contributed by atoms with Crippen molar-refractivity contribution >= 4 is 46.9 Å². The van der Waals surface area contributed by atoms with Gasteiger partial charge >= 0.3 is 0 Å². The summed E-state index contributed by atoms with van der Waals surface area (Å²) < 4.78 is 26.7. The lowest BCUT2D eigenvalue weighted by atomic mass is 9.95. The molecule has 0 atom stereocenters. The predicted octanol–water partition coefficient (Wildman–Crippen LogP) is 7.67. The van der Waals surface area contributed by atoms with Gasteiger partial charge in [0.25, 0.3) is 34.7 Å². The number of rotatable bonds is 21. The molecule has 3 saturated carbocycles. The Kier molecular flexibility index (Phi) is 17.7. The number of phenols is 1. The van der Waals surface area contributed by atoms with E-state index < -0.39 is 23.5 Å². The van der Waals surface area contributed by atoms with Crippen molar-refractivity contribution in [3.8, 4) is 28.0 Å². The van der Waals surface area contributed by atoms with Crippen molar-refractivity contribution in [1.29, 1.82) is 0 Å². The molecular formula is C61H68ClFN10O9. The minimum Gasteiger partial charge on any atom is -0.508 e. The van der Waals surface area contributed by atoms with Crippen LogP contribution in [0.5, 0.6) is 5.75 Å². The van der Waals surface area contributed by atoms with E-state index in [-0.39, 0.29) is 70.7 Å². The van der Waals surface area contributed by atoms with E-state index >= 15 is 0 Å². The second-order valence-corrected chi connectivity index (χ2v) is 22.5. The molecule has 0 bridgehead atoms. The minimum absolute atomic E-state index is 0.00876. The molecule has 3 aliphatic carbocycles. The van der Waals surface area contributed by atoms with E-state index in [0.29, 0.717) is 78.8 Å². The maximum atomic E-state index is 13.6. The number of nitrogens with zero attached hydrogens (tertiary/aromatic N) is 6. The van der Waals surface area contributed by atoms with Crippen molar-refractivity contribution in [2.75, 3.05) is 77.3 Å². The van der Waals surface area contributed by atoms with Crippen LogP contribution in [-0.4, -0.2) is 131 Å². The molecule has 6 heterocycles. The number of carbonyl (C=O) groups is 4. The van der Waals surface area contributed by atoms with Gasteiger partial charge in [-0.1, -0.05) is 24.6 Å². The number of ether oxygens (including phenoxy) is 2. The highest BCUT2D eigenvalue weighted by atomic mass is 35.5. The Balaban J connectivity index is 0.000000184. The Morgan fingerprint density at radius 1 is 0.646 bits per heavy atom. The van der Waals surface area contributed by atoms with Gasteiger partial charge in [-0.2, -0.15) is 0 Å². The fourth-order valence-electron chi connectivity index (χ4n) is 10.2. The molecule has 0 radical (unpaired) electrons. The largest absolute Gasteiger partial charge is 0.508 e. The van der Waals surface area contributed by atoms with Crippen molar-refractivity contribution in [1.82, 2.24) is 39.5 Å². The summed E-state index contributed by atoms with van der Waals surface area (Å²) in [5, 5.41) is 22.8. The molecule has 6 aromatic rings. The summed E-state index contributed by atoms with van der Waals surface area (Å²) in [6.45, 7) is 6.92. The van der Waals surface area contributed by atoms with Crippen LogP contribution in [0.3, 0.4) is 0 Å². The van der Waals surface area contributed by atoms with Crippen LogP contribution in [0.15, 0.2) is 94.8 Å². The lowest BCUT2D eigenvalue weighted by Gasteiger charge is -2.37. The molecule has 2 aliphatic heterocycles. The van der Waals surface area contributed by atoms with Crippen LogP contribution < -0.4 is 32.4 Å². The van der Waals surface area contributed by atoms with Crippen LogP contribution >= 0.6 is 11.6 Å². The summed E-state index contributed by atoms with van der Waals surface area (Å²) in [6, 6.07) is 20.4. The number of pyridine rings is 4. The van der Waals surface area contributed by atoms with Gasteiger partial charge in [-0.3, -0.25) is 28.8 Å². The molecule has 0 unspecified atom stereocenters. The molecule has 2 saturated heterocycles. The molecule has 4 amide bonds. The van der Waals surface area contributed by atoms with E-state index in [2.05, 4.69) is 33.2 Å². The lowest BCUT2D eigenvalue weighted by Crippen LogP contribution is -2.51. The van der Waals surface area contributed by atoms with Crippen molar-refractivity contribution < 1.29 is 38.1 Å². The standard InChI is InChI=1S/C32H36ClN5O4.C29H32FN5O5/c1-19-16-37(17-19)31(40)26-14-23(33)5-8-25(26)22-12-28(21-3-4-21)35-29(13-22)36-30(39)27-11-20(15-34-9-10-42-2)18-38(32(27)41)24-6-7-24;1-34-14-17(13-31-7-8-40-2)9-24(28(34)38)27(37)33-26-11-19(10-25(32-26)18-3-4-18)22-6-5-21(36)12-23(22)29(39)35-15-20(30)16-35/h5,8,11-14,18-19,21,24,34H,3-4,6-7,9-10,15-17H2,1-2H3,(H,35,36,39);5-6,9-12,14,18,20,31,36H,3-4,7-8,13,15-16H2,1-2H3,(H,32,33,37). The first-order chi connectivity index (χ1) is 39.5. The average molecular weight is 1140 g/mol. The molecule has 21 heteroatoms. The molecule has 0 spiro atoms. The Morgan fingerprint density at radius 3 is 1.65 bits per heavy atom. The van der Waals surface area contributed by atoms with E-state index in [1.807, 2.05) is 29.3 Å². The first-order valence-electron chi connectivity index (χ1n) is 27.9. The van der Waals surface area contributed by atoms with E-state index in [0.717, 1.165) is 85.3 Å². The molecule has 4 aromatic heterocycles. The van der Waals surface area contributed by atoms with Crippen molar-refractivity contribution in [3.63, 3.8) is 0 Å². The summed E-state index contributed by atoms with van der Waals surface area (Å²) >= 11 is 6.33. The third kappa shape index (κ3) is 13.8. The molecule has 5 fully saturated rings. The van der Waals surface area contributed by atoms with Gasteiger partial charge in [0.15, 0.2) is 0 Å². The number of halogens is 2. The van der Waals surface area contributed by atoms with Gasteiger partial charge in [0, 0.05) is 113 Å². The first-order valence-corrected chi connectivity index (χ1v) is 28.3. The van der Waals surface area contributed by atoms with Gasteiger partial charge in [-0.05, 0) is 145 Å². The number of phenolic OH excluding ortho intramolecular Hbond substituents is 1. The smallest absolute Gasteiger partial charge is 0.263 e. The van der Waals surface area contributed by atoms with Gasteiger partial charge in [0.2, 0.25) is 0 Å². The maximum Gasteiger partial charge on any atom is 0.263 e. The minimum atomic E-state index is -1.05. The number of hydrogen-bond donors (Lipinski definition) is 5. The van der Waals surface area contributed by atoms with Crippen molar-refractivity contribution in [3.05, 3.63) is 156 Å². The van der Waals surface area contributed by atoms with Crippen molar-refractivity contribution in [2.24, 2.45) is 13.0 Å². The number of benzene rings is 2. The molecule has 430 valence electrons. The van der Waals surface area contributed by atoms with Crippen LogP contribution in [0.1, 0.15) is 127 Å². The number of alkyl halides is 1. The topological polar surface area (TPSA) is 231 Å². The normalized spacial score (nSPS) is 16.0. The third-order valence-corrected chi connectivity index (χ3v) is 15.3. The highest BCUT2D eigenvalue weighted by Crippen LogP contribution is 2.43. The molecule has 19 nitrogen and oxygen atoms in total. The number of aromatic nitrogens is 4.